The van der Waals surface area contributed by atoms with Gasteiger partial charge in [0.05, 0.1) is 6.07 Å². The van der Waals surface area contributed by atoms with Crippen molar-refractivity contribution in [2.75, 3.05) is 19.6 Å². The first-order valence-corrected chi connectivity index (χ1v) is 8.58. The summed E-state index contributed by atoms with van der Waals surface area (Å²) in [7, 11) is 0. The van der Waals surface area contributed by atoms with Crippen LogP contribution in [0.25, 0.3) is 0 Å². The molecule has 5 rings (SSSR count). The van der Waals surface area contributed by atoms with Gasteiger partial charge in [0.2, 0.25) is 0 Å². The minimum absolute atomic E-state index is 0.241. The van der Waals surface area contributed by atoms with E-state index in [0.29, 0.717) is 5.41 Å². The second kappa shape index (κ2) is 4.71. The van der Waals surface area contributed by atoms with Gasteiger partial charge in [-0.3, -0.25) is 5.32 Å². The molecule has 1 saturated heterocycles. The third kappa shape index (κ3) is 2.18. The summed E-state index contributed by atoms with van der Waals surface area (Å²) in [5, 5.41) is 16.7. The monoisotopic (exact) mass is 273 g/mol. The molecule has 5 fully saturated rings. The van der Waals surface area contributed by atoms with Crippen LogP contribution < -0.4 is 10.6 Å². The number of hydrogen-bond donors (Lipinski definition) is 2. The number of piperidine rings is 1. The predicted molar refractivity (Wildman–Crippen MR) is 79.1 cm³/mol. The number of rotatable bonds is 3. The zero-order chi connectivity index (χ0) is 13.6. The van der Waals surface area contributed by atoms with Gasteiger partial charge in [-0.25, -0.2) is 0 Å². The molecule has 0 aromatic carbocycles. The Balaban J connectivity index is 1.45. The highest BCUT2D eigenvalue weighted by Gasteiger charge is 2.51. The van der Waals surface area contributed by atoms with Gasteiger partial charge in [-0.1, -0.05) is 0 Å². The molecule has 1 aliphatic heterocycles. The third-order valence-corrected chi connectivity index (χ3v) is 6.64. The van der Waals surface area contributed by atoms with Crippen LogP contribution in [0.4, 0.5) is 0 Å². The highest BCUT2D eigenvalue weighted by molar-refractivity contribution is 5.11. The van der Waals surface area contributed by atoms with Gasteiger partial charge in [0.15, 0.2) is 0 Å². The Kier molecular flexibility index (Phi) is 3.09. The Bertz CT molecular complexity index is 381. The highest BCUT2D eigenvalue weighted by Crippen LogP contribution is 2.59. The molecule has 3 heteroatoms. The summed E-state index contributed by atoms with van der Waals surface area (Å²) in [6.45, 7) is 3.08. The van der Waals surface area contributed by atoms with Gasteiger partial charge in [-0.15, -0.1) is 0 Å². The predicted octanol–water partition coefficient (Wildman–Crippen LogP) is 2.44. The van der Waals surface area contributed by atoms with E-state index in [-0.39, 0.29) is 5.54 Å². The third-order valence-electron chi connectivity index (χ3n) is 6.64. The zero-order valence-electron chi connectivity index (χ0n) is 12.5. The Morgan fingerprint density at radius 2 is 1.55 bits per heavy atom. The van der Waals surface area contributed by atoms with Gasteiger partial charge in [0.1, 0.15) is 5.54 Å². The number of nitrogens with one attached hydrogen (secondary N) is 2. The molecule has 0 amide bonds. The van der Waals surface area contributed by atoms with Gasteiger partial charge >= 0.3 is 0 Å². The summed E-state index contributed by atoms with van der Waals surface area (Å²) in [5.41, 5.74) is 0.304. The number of nitriles is 1. The largest absolute Gasteiger partial charge is 0.317 e. The summed E-state index contributed by atoms with van der Waals surface area (Å²) in [5.74, 6) is 3.03. The van der Waals surface area contributed by atoms with Crippen LogP contribution in [0.3, 0.4) is 0 Å². The maximum absolute atomic E-state index is 9.61. The molecule has 0 atom stereocenters. The van der Waals surface area contributed by atoms with Gasteiger partial charge in [-0.05, 0) is 87.6 Å². The molecule has 5 aliphatic rings. The molecule has 3 nitrogen and oxygen atoms in total. The van der Waals surface area contributed by atoms with Gasteiger partial charge in [0.25, 0.3) is 0 Å². The maximum Gasteiger partial charge on any atom is 0.109 e. The molecule has 0 radical (unpaired) electrons. The molecule has 0 aromatic heterocycles. The van der Waals surface area contributed by atoms with E-state index in [1.165, 1.54) is 38.5 Å². The number of nitrogens with zero attached hydrogens (tertiary/aromatic N) is 1. The Hall–Kier alpha value is -0.590. The SMILES string of the molecule is N#CC1(NCC23CC4CC(CC(C4)C2)C3)CCNCC1. The van der Waals surface area contributed by atoms with Crippen molar-refractivity contribution in [3.05, 3.63) is 0 Å². The zero-order valence-corrected chi connectivity index (χ0v) is 12.5. The summed E-state index contributed by atoms with van der Waals surface area (Å²) < 4.78 is 0. The Labute approximate surface area is 122 Å². The van der Waals surface area contributed by atoms with E-state index < -0.39 is 0 Å². The van der Waals surface area contributed by atoms with E-state index in [0.717, 1.165) is 50.2 Å². The average molecular weight is 273 g/mol. The molecule has 4 aliphatic carbocycles. The molecule has 110 valence electrons. The summed E-state index contributed by atoms with van der Waals surface area (Å²) in [4.78, 5) is 0. The summed E-state index contributed by atoms with van der Waals surface area (Å²) in [6, 6.07) is 2.60. The van der Waals surface area contributed by atoms with E-state index in [1.807, 2.05) is 0 Å². The second-order valence-corrected chi connectivity index (χ2v) is 8.22. The molecule has 0 spiro atoms. The first-order chi connectivity index (χ1) is 9.71. The highest BCUT2D eigenvalue weighted by atomic mass is 15.0. The van der Waals surface area contributed by atoms with Crippen molar-refractivity contribution in [3.8, 4) is 6.07 Å². The quantitative estimate of drug-likeness (QED) is 0.830. The number of hydrogen-bond acceptors (Lipinski definition) is 3. The van der Waals surface area contributed by atoms with Crippen LogP contribution in [0.2, 0.25) is 0 Å². The minimum atomic E-state index is -0.241. The lowest BCUT2D eigenvalue weighted by Gasteiger charge is -2.57. The molecular formula is C17H27N3. The molecule has 4 bridgehead atoms. The molecular weight excluding hydrogens is 246 g/mol. The second-order valence-electron chi connectivity index (χ2n) is 8.22. The summed E-state index contributed by atoms with van der Waals surface area (Å²) in [6.07, 6.45) is 10.8. The van der Waals surface area contributed by atoms with Crippen LogP contribution in [0.5, 0.6) is 0 Å². The summed E-state index contributed by atoms with van der Waals surface area (Å²) >= 11 is 0. The molecule has 0 aromatic rings. The van der Waals surface area contributed by atoms with E-state index in [1.54, 1.807) is 0 Å². The van der Waals surface area contributed by atoms with Crippen molar-refractivity contribution >= 4 is 0 Å². The first kappa shape index (κ1) is 13.1. The van der Waals surface area contributed by atoms with Crippen LogP contribution >= 0.6 is 0 Å². The van der Waals surface area contributed by atoms with E-state index in [9.17, 15) is 5.26 Å². The molecule has 2 N–H and O–H groups in total. The van der Waals surface area contributed by atoms with Crippen molar-refractivity contribution in [1.29, 1.82) is 5.26 Å². The fraction of sp³-hybridized carbons (Fsp3) is 0.941. The lowest BCUT2D eigenvalue weighted by atomic mass is 9.49. The fourth-order valence-corrected chi connectivity index (χ4v) is 6.04. The van der Waals surface area contributed by atoms with E-state index >= 15 is 0 Å². The van der Waals surface area contributed by atoms with Gasteiger partial charge in [-0.2, -0.15) is 5.26 Å². The van der Waals surface area contributed by atoms with Crippen LogP contribution in [0.1, 0.15) is 51.4 Å². The van der Waals surface area contributed by atoms with Crippen LogP contribution in [-0.4, -0.2) is 25.2 Å². The van der Waals surface area contributed by atoms with E-state index in [4.69, 9.17) is 0 Å². The first-order valence-electron chi connectivity index (χ1n) is 8.58. The molecule has 0 unspecified atom stereocenters. The average Bonchev–Trinajstić information content (AvgIpc) is 2.45. The van der Waals surface area contributed by atoms with Crippen molar-refractivity contribution in [3.63, 3.8) is 0 Å². The van der Waals surface area contributed by atoms with Crippen molar-refractivity contribution in [1.82, 2.24) is 10.6 Å². The molecule has 4 saturated carbocycles. The lowest BCUT2D eigenvalue weighted by Crippen LogP contribution is -2.57. The van der Waals surface area contributed by atoms with Gasteiger partial charge < -0.3 is 5.32 Å². The van der Waals surface area contributed by atoms with Gasteiger partial charge in [0, 0.05) is 6.54 Å². The smallest absolute Gasteiger partial charge is 0.109 e. The Morgan fingerprint density at radius 1 is 1.00 bits per heavy atom. The van der Waals surface area contributed by atoms with Crippen molar-refractivity contribution in [2.24, 2.45) is 23.2 Å². The van der Waals surface area contributed by atoms with Crippen LogP contribution in [0, 0.1) is 34.5 Å². The van der Waals surface area contributed by atoms with Crippen molar-refractivity contribution < 1.29 is 0 Å². The molecule has 20 heavy (non-hydrogen) atoms. The normalized spacial score (nSPS) is 45.2. The Morgan fingerprint density at radius 3 is 2.05 bits per heavy atom. The lowest BCUT2D eigenvalue weighted by molar-refractivity contribution is -0.0542. The van der Waals surface area contributed by atoms with Crippen LogP contribution in [0.15, 0.2) is 0 Å². The van der Waals surface area contributed by atoms with Crippen molar-refractivity contribution in [2.45, 2.75) is 56.9 Å². The van der Waals surface area contributed by atoms with E-state index in [2.05, 4.69) is 16.7 Å². The standard InChI is InChI=1S/C17H27N3/c18-11-17(1-3-19-4-2-17)20-12-16-8-13-5-14(9-16)7-15(6-13)10-16/h13-15,19-20H,1-10,12H2. The molecule has 1 heterocycles. The fourth-order valence-electron chi connectivity index (χ4n) is 6.04. The topological polar surface area (TPSA) is 47.9 Å². The maximum atomic E-state index is 9.61. The van der Waals surface area contributed by atoms with Crippen LogP contribution in [-0.2, 0) is 0 Å². The minimum Gasteiger partial charge on any atom is -0.317 e.